The standard InChI is InChI=1S/C78H53N3S/c1-2-14-59(15-3-1)81-75-34-32-49(42-70(75)71-45-56(33-35-76(71)81)61-17-5-7-19-63(61)74-22-11-13-37-80-74)48-24-26-51-38-54-29-31-57(44-68(54)65(51)40-48)69-46-58(47-72-64-20-8-9-23-77(64)82-78(69)72)50-25-27-52-39-53-28-30-55(43-67(53)66(52)41-50)60-16-4-6-18-62(60)73-21-10-12-36-79-73/h1-2,4-14,16-24,26,28-37,40-47H,3,15,25,27,38-39H2. The molecule has 0 saturated heterocycles. The molecule has 0 spiro atoms. The van der Waals surface area contributed by atoms with Crippen molar-refractivity contribution in [2.24, 2.45) is 0 Å². The van der Waals surface area contributed by atoms with Crippen LogP contribution in [0.2, 0.25) is 0 Å². The van der Waals surface area contributed by atoms with Crippen molar-refractivity contribution in [3.63, 3.8) is 0 Å². The quantitative estimate of drug-likeness (QED) is 0.152. The summed E-state index contributed by atoms with van der Waals surface area (Å²) < 4.78 is 5.19. The van der Waals surface area contributed by atoms with Crippen LogP contribution in [0.5, 0.6) is 0 Å². The van der Waals surface area contributed by atoms with E-state index in [1.165, 1.54) is 142 Å². The maximum absolute atomic E-state index is 4.77. The van der Waals surface area contributed by atoms with Crippen molar-refractivity contribution < 1.29 is 0 Å². The Morgan fingerprint density at radius 1 is 0.390 bits per heavy atom. The molecule has 82 heavy (non-hydrogen) atoms. The predicted octanol–water partition coefficient (Wildman–Crippen LogP) is 20.9. The first-order chi connectivity index (χ1) is 40.6. The summed E-state index contributed by atoms with van der Waals surface area (Å²) in [5.74, 6) is 0. The van der Waals surface area contributed by atoms with Gasteiger partial charge in [0.05, 0.1) is 22.4 Å². The van der Waals surface area contributed by atoms with Gasteiger partial charge in [-0.2, -0.15) is 0 Å². The summed E-state index contributed by atoms with van der Waals surface area (Å²) in [5.41, 5.74) is 31.9. The highest BCUT2D eigenvalue weighted by Gasteiger charge is 2.28. The molecule has 386 valence electrons. The number of fused-ring (bicyclic) bond motifs is 11. The maximum atomic E-state index is 4.77. The largest absolute Gasteiger partial charge is 0.313 e. The summed E-state index contributed by atoms with van der Waals surface area (Å²) in [6, 6.07) is 79.6. The Morgan fingerprint density at radius 2 is 0.939 bits per heavy atom. The van der Waals surface area contributed by atoms with Crippen LogP contribution in [0.1, 0.15) is 53.5 Å². The molecule has 4 aromatic heterocycles. The number of thiophene rings is 1. The molecule has 0 unspecified atom stereocenters. The summed E-state index contributed by atoms with van der Waals surface area (Å²) >= 11 is 1.93. The van der Waals surface area contributed by atoms with E-state index in [-0.39, 0.29) is 0 Å². The fraction of sp³-hybridized carbons (Fsp3) is 0.0769. The summed E-state index contributed by atoms with van der Waals surface area (Å²) in [6.07, 6.45) is 19.2. The van der Waals surface area contributed by atoms with E-state index in [2.05, 4.69) is 229 Å². The van der Waals surface area contributed by atoms with Crippen LogP contribution >= 0.6 is 11.3 Å². The Kier molecular flexibility index (Phi) is 10.9. The van der Waals surface area contributed by atoms with E-state index in [9.17, 15) is 0 Å². The van der Waals surface area contributed by atoms with Crippen LogP contribution in [0.15, 0.2) is 255 Å². The van der Waals surface area contributed by atoms with Crippen LogP contribution in [0.25, 0.3) is 137 Å². The third kappa shape index (κ3) is 7.70. The van der Waals surface area contributed by atoms with Crippen molar-refractivity contribution in [2.75, 3.05) is 0 Å². The van der Waals surface area contributed by atoms with Crippen LogP contribution < -0.4 is 0 Å². The molecule has 0 radical (unpaired) electrons. The van der Waals surface area contributed by atoms with Gasteiger partial charge < -0.3 is 4.57 Å². The molecule has 17 rings (SSSR count). The SMILES string of the molecule is C1=CCCC(n2c3ccc(-c4ccc5c(c4)-c4cc(-c6cc(C7=CC8=C(CC7)Cc7ccc(-c9ccccc9-c9ccccn9)cc78)cc7c6sc6ccccc67)ccc4C5)cc3c3cc(-c4ccccc4-c4ccccn4)ccc32)=C1. The molecule has 0 saturated carbocycles. The number of nitrogens with zero attached hydrogens (tertiary/aromatic N) is 3. The third-order valence-electron chi connectivity index (χ3n) is 18.0. The first kappa shape index (κ1) is 47.1. The van der Waals surface area contributed by atoms with Gasteiger partial charge in [0, 0.05) is 65.7 Å². The molecule has 4 aliphatic carbocycles. The van der Waals surface area contributed by atoms with Crippen LogP contribution in [-0.4, -0.2) is 14.5 Å². The lowest BCUT2D eigenvalue weighted by Crippen LogP contribution is -1.98. The summed E-state index contributed by atoms with van der Waals surface area (Å²) in [6.45, 7) is 0. The molecular formula is C78H53N3S. The predicted molar refractivity (Wildman–Crippen MR) is 346 cm³/mol. The molecule has 4 aliphatic rings. The number of allylic oxidation sites excluding steroid dienone is 8. The van der Waals surface area contributed by atoms with Gasteiger partial charge in [0.1, 0.15) is 0 Å². The van der Waals surface area contributed by atoms with E-state index in [1.54, 1.807) is 5.57 Å². The summed E-state index contributed by atoms with van der Waals surface area (Å²) in [7, 11) is 0. The van der Waals surface area contributed by atoms with Gasteiger partial charge in [-0.3, -0.25) is 9.97 Å². The number of hydrogen-bond acceptors (Lipinski definition) is 3. The average Bonchev–Trinajstić information content (AvgIpc) is 3.83. The van der Waals surface area contributed by atoms with E-state index in [1.807, 2.05) is 35.9 Å². The van der Waals surface area contributed by atoms with Crippen molar-refractivity contribution >= 4 is 70.2 Å². The zero-order chi connectivity index (χ0) is 53.8. The molecule has 3 nitrogen and oxygen atoms in total. The normalized spacial score (nSPS) is 14.3. The van der Waals surface area contributed by atoms with Crippen molar-refractivity contribution in [2.45, 2.75) is 38.5 Å². The van der Waals surface area contributed by atoms with Gasteiger partial charge in [0.2, 0.25) is 0 Å². The van der Waals surface area contributed by atoms with Gasteiger partial charge in [0.15, 0.2) is 0 Å². The third-order valence-corrected chi connectivity index (χ3v) is 19.2. The van der Waals surface area contributed by atoms with Crippen LogP contribution in [0, 0.1) is 0 Å². The Balaban J connectivity index is 0.758. The van der Waals surface area contributed by atoms with Crippen molar-refractivity contribution in [3.8, 4) is 78.1 Å². The molecule has 0 atom stereocenters. The molecule has 4 heterocycles. The van der Waals surface area contributed by atoms with Crippen molar-refractivity contribution in [1.29, 1.82) is 0 Å². The van der Waals surface area contributed by atoms with Gasteiger partial charge in [-0.1, -0.05) is 151 Å². The van der Waals surface area contributed by atoms with Crippen LogP contribution in [0.4, 0.5) is 0 Å². The highest BCUT2D eigenvalue weighted by molar-refractivity contribution is 7.26. The lowest BCUT2D eigenvalue weighted by molar-refractivity contribution is 0.948. The molecule has 4 heteroatoms. The summed E-state index contributed by atoms with van der Waals surface area (Å²) in [5, 5.41) is 5.20. The molecule has 0 fully saturated rings. The number of rotatable bonds is 8. The minimum Gasteiger partial charge on any atom is -0.313 e. The van der Waals surface area contributed by atoms with Crippen LogP contribution in [0.3, 0.4) is 0 Å². The number of benzene rings is 9. The average molecular weight is 1060 g/mol. The minimum atomic E-state index is 0.935. The van der Waals surface area contributed by atoms with E-state index in [0.29, 0.717) is 0 Å². The maximum Gasteiger partial charge on any atom is 0.0708 e. The van der Waals surface area contributed by atoms with E-state index in [0.717, 1.165) is 61.0 Å². The second-order valence-electron chi connectivity index (χ2n) is 22.6. The van der Waals surface area contributed by atoms with Gasteiger partial charge in [-0.05, 0) is 219 Å². The smallest absolute Gasteiger partial charge is 0.0708 e. The van der Waals surface area contributed by atoms with Gasteiger partial charge in [0.25, 0.3) is 0 Å². The zero-order valence-electron chi connectivity index (χ0n) is 45.2. The molecule has 13 aromatic rings. The highest BCUT2D eigenvalue weighted by Crippen LogP contribution is 2.50. The van der Waals surface area contributed by atoms with Crippen molar-refractivity contribution in [1.82, 2.24) is 14.5 Å². The van der Waals surface area contributed by atoms with Crippen molar-refractivity contribution in [3.05, 3.63) is 282 Å². The fourth-order valence-electron chi connectivity index (χ4n) is 14.0. The Morgan fingerprint density at radius 3 is 1.63 bits per heavy atom. The van der Waals surface area contributed by atoms with Gasteiger partial charge in [-0.15, -0.1) is 11.3 Å². The Labute approximate surface area is 480 Å². The molecule has 0 N–H and O–H groups in total. The van der Waals surface area contributed by atoms with E-state index in [4.69, 9.17) is 9.97 Å². The fourth-order valence-corrected chi connectivity index (χ4v) is 15.2. The molecule has 9 aromatic carbocycles. The van der Waals surface area contributed by atoms with Gasteiger partial charge in [-0.25, -0.2) is 0 Å². The van der Waals surface area contributed by atoms with E-state index >= 15 is 0 Å². The molecule has 0 amide bonds. The first-order valence-electron chi connectivity index (χ1n) is 28.9. The lowest BCUT2D eigenvalue weighted by Gasteiger charge is -2.18. The molecule has 0 aliphatic heterocycles. The zero-order valence-corrected chi connectivity index (χ0v) is 46.0. The number of aromatic nitrogens is 3. The first-order valence-corrected chi connectivity index (χ1v) is 29.7. The Hall–Kier alpha value is -9.74. The second-order valence-corrected chi connectivity index (χ2v) is 23.7. The highest BCUT2D eigenvalue weighted by atomic mass is 32.1. The minimum absolute atomic E-state index is 0.935. The number of hydrogen-bond donors (Lipinski definition) is 0. The monoisotopic (exact) mass is 1060 g/mol. The lowest BCUT2D eigenvalue weighted by atomic mass is 9.86. The van der Waals surface area contributed by atoms with E-state index < -0.39 is 0 Å². The molecular weight excluding hydrogens is 1010 g/mol. The number of pyridine rings is 2. The second kappa shape index (κ2) is 18.9. The Bertz CT molecular complexity index is 4960. The van der Waals surface area contributed by atoms with Gasteiger partial charge >= 0.3 is 0 Å². The topological polar surface area (TPSA) is 30.7 Å². The van der Waals surface area contributed by atoms with Crippen LogP contribution in [-0.2, 0) is 12.8 Å². The molecule has 0 bridgehead atoms. The summed E-state index contributed by atoms with van der Waals surface area (Å²) in [4.78, 5) is 9.51.